The lowest BCUT2D eigenvalue weighted by atomic mass is 10.1. The van der Waals surface area contributed by atoms with Gasteiger partial charge in [-0.1, -0.05) is 37.3 Å². The summed E-state index contributed by atoms with van der Waals surface area (Å²) in [6.07, 6.45) is 1.13. The second-order valence-corrected chi connectivity index (χ2v) is 3.90. The minimum atomic E-state index is 0.271. The highest BCUT2D eigenvalue weighted by Crippen LogP contribution is 2.15. The van der Waals surface area contributed by atoms with E-state index >= 15 is 0 Å². The summed E-state index contributed by atoms with van der Waals surface area (Å²) in [5, 5.41) is 3.50. The van der Waals surface area contributed by atoms with Crippen LogP contribution in [0.4, 0.5) is 0 Å². The summed E-state index contributed by atoms with van der Waals surface area (Å²) in [7, 11) is 0. The minimum Gasteiger partial charge on any atom is -0.306 e. The Labute approximate surface area is 91.5 Å². The summed E-state index contributed by atoms with van der Waals surface area (Å²) in [4.78, 5) is 0. The lowest BCUT2D eigenvalue weighted by molar-refractivity contribution is 0.472. The first kappa shape index (κ1) is 11.5. The normalized spacial score (nSPS) is 15.1. The maximum absolute atomic E-state index is 5.94. The molecular formula is C12H18ClN. The molecule has 1 rings (SSSR count). The number of nitrogens with one attached hydrogen (secondary N) is 1. The van der Waals surface area contributed by atoms with Gasteiger partial charge in [0.1, 0.15) is 0 Å². The van der Waals surface area contributed by atoms with E-state index in [1.165, 1.54) is 5.56 Å². The molecule has 78 valence electrons. The van der Waals surface area contributed by atoms with Crippen LogP contribution in [0.15, 0.2) is 30.3 Å². The molecule has 1 nitrogen and oxygen atoms in total. The Morgan fingerprint density at radius 1 is 1.29 bits per heavy atom. The Morgan fingerprint density at radius 2 is 1.93 bits per heavy atom. The van der Waals surface area contributed by atoms with E-state index < -0.39 is 0 Å². The molecule has 14 heavy (non-hydrogen) atoms. The fraction of sp³-hybridized carbons (Fsp3) is 0.500. The van der Waals surface area contributed by atoms with Gasteiger partial charge in [-0.05, 0) is 18.9 Å². The van der Waals surface area contributed by atoms with Crippen molar-refractivity contribution >= 4 is 11.6 Å². The molecule has 0 saturated carbocycles. The van der Waals surface area contributed by atoms with Crippen molar-refractivity contribution in [1.29, 1.82) is 0 Å². The zero-order valence-corrected chi connectivity index (χ0v) is 9.59. The highest BCUT2D eigenvalue weighted by molar-refractivity contribution is 6.18. The number of benzene rings is 1. The molecule has 0 aliphatic heterocycles. The van der Waals surface area contributed by atoms with Crippen LogP contribution in [-0.2, 0) is 0 Å². The van der Waals surface area contributed by atoms with Crippen molar-refractivity contribution in [3.05, 3.63) is 35.9 Å². The number of alkyl halides is 1. The summed E-state index contributed by atoms with van der Waals surface area (Å²) in [5.74, 6) is 0.619. The van der Waals surface area contributed by atoms with Crippen LogP contribution in [0.1, 0.15) is 31.9 Å². The van der Waals surface area contributed by atoms with E-state index in [2.05, 4.69) is 31.3 Å². The lowest BCUT2D eigenvalue weighted by Crippen LogP contribution is -2.30. The van der Waals surface area contributed by atoms with Gasteiger partial charge in [0.05, 0.1) is 0 Å². The molecule has 0 bridgehead atoms. The van der Waals surface area contributed by atoms with Gasteiger partial charge in [0.2, 0.25) is 0 Å². The summed E-state index contributed by atoms with van der Waals surface area (Å²) >= 11 is 5.94. The highest BCUT2D eigenvalue weighted by atomic mass is 35.5. The van der Waals surface area contributed by atoms with Crippen LogP contribution in [0, 0.1) is 0 Å². The van der Waals surface area contributed by atoms with Gasteiger partial charge in [-0.2, -0.15) is 0 Å². The van der Waals surface area contributed by atoms with Gasteiger partial charge in [-0.25, -0.2) is 0 Å². The predicted octanol–water partition coefficient (Wildman–Crippen LogP) is 3.35. The smallest absolute Gasteiger partial charge is 0.0459 e. The van der Waals surface area contributed by atoms with E-state index in [4.69, 9.17) is 11.6 Å². The van der Waals surface area contributed by atoms with Gasteiger partial charge in [0, 0.05) is 18.0 Å². The molecule has 0 heterocycles. The first-order valence-corrected chi connectivity index (χ1v) is 5.68. The van der Waals surface area contributed by atoms with E-state index in [9.17, 15) is 0 Å². The van der Waals surface area contributed by atoms with Crippen LogP contribution in [0.25, 0.3) is 0 Å². The van der Waals surface area contributed by atoms with Crippen molar-refractivity contribution in [1.82, 2.24) is 5.32 Å². The van der Waals surface area contributed by atoms with Crippen LogP contribution in [0.5, 0.6) is 0 Å². The van der Waals surface area contributed by atoms with Crippen molar-refractivity contribution in [2.75, 3.05) is 5.88 Å². The third-order valence-corrected chi connectivity index (χ3v) is 2.76. The van der Waals surface area contributed by atoms with Gasteiger partial charge < -0.3 is 5.32 Å². The second kappa shape index (κ2) is 6.05. The van der Waals surface area contributed by atoms with Crippen molar-refractivity contribution in [2.24, 2.45) is 0 Å². The highest BCUT2D eigenvalue weighted by Gasteiger charge is 2.11. The monoisotopic (exact) mass is 211 g/mol. The average Bonchev–Trinajstić information content (AvgIpc) is 2.26. The van der Waals surface area contributed by atoms with Crippen molar-refractivity contribution < 1.29 is 0 Å². The van der Waals surface area contributed by atoms with Crippen LogP contribution >= 0.6 is 11.6 Å². The Hall–Kier alpha value is -0.530. The maximum Gasteiger partial charge on any atom is 0.0459 e. The van der Waals surface area contributed by atoms with E-state index in [0.717, 1.165) is 6.42 Å². The molecule has 0 radical (unpaired) electrons. The first-order chi connectivity index (χ1) is 6.77. The standard InChI is InChI=1S/C12H18ClN/c1-3-10(2)14-12(9-13)11-7-5-4-6-8-11/h4-8,10,12,14H,3,9H2,1-2H3. The fourth-order valence-corrected chi connectivity index (χ4v) is 1.64. The molecule has 2 heteroatoms. The zero-order valence-electron chi connectivity index (χ0n) is 8.83. The zero-order chi connectivity index (χ0) is 10.4. The van der Waals surface area contributed by atoms with E-state index in [1.54, 1.807) is 0 Å². The van der Waals surface area contributed by atoms with Crippen LogP contribution in [0.2, 0.25) is 0 Å². The van der Waals surface area contributed by atoms with Gasteiger partial charge >= 0.3 is 0 Å². The van der Waals surface area contributed by atoms with Crippen molar-refractivity contribution in [2.45, 2.75) is 32.4 Å². The van der Waals surface area contributed by atoms with E-state index in [-0.39, 0.29) is 6.04 Å². The molecule has 0 saturated heterocycles. The molecule has 0 amide bonds. The Balaban J connectivity index is 2.63. The Kier molecular flexibility index (Phi) is 4.99. The summed E-state index contributed by atoms with van der Waals surface area (Å²) in [6, 6.07) is 11.1. The van der Waals surface area contributed by atoms with Crippen LogP contribution < -0.4 is 5.32 Å². The number of hydrogen-bond donors (Lipinski definition) is 1. The van der Waals surface area contributed by atoms with E-state index in [0.29, 0.717) is 11.9 Å². The summed E-state index contributed by atoms with van der Waals surface area (Å²) in [6.45, 7) is 4.36. The van der Waals surface area contributed by atoms with Gasteiger partial charge in [-0.15, -0.1) is 11.6 Å². The predicted molar refractivity (Wildman–Crippen MR) is 62.8 cm³/mol. The summed E-state index contributed by atoms with van der Waals surface area (Å²) in [5.41, 5.74) is 1.27. The fourth-order valence-electron chi connectivity index (χ4n) is 1.38. The minimum absolute atomic E-state index is 0.271. The molecule has 0 aliphatic rings. The van der Waals surface area contributed by atoms with Crippen molar-refractivity contribution in [3.63, 3.8) is 0 Å². The van der Waals surface area contributed by atoms with Gasteiger partial charge in [0.25, 0.3) is 0 Å². The molecule has 2 atom stereocenters. The third kappa shape index (κ3) is 3.32. The van der Waals surface area contributed by atoms with E-state index in [1.807, 2.05) is 18.2 Å². The molecule has 0 aromatic heterocycles. The lowest BCUT2D eigenvalue weighted by Gasteiger charge is -2.20. The number of hydrogen-bond acceptors (Lipinski definition) is 1. The number of halogens is 1. The summed E-state index contributed by atoms with van der Waals surface area (Å²) < 4.78 is 0. The molecule has 0 fully saturated rings. The van der Waals surface area contributed by atoms with Crippen LogP contribution in [-0.4, -0.2) is 11.9 Å². The van der Waals surface area contributed by atoms with Gasteiger partial charge in [-0.3, -0.25) is 0 Å². The quantitative estimate of drug-likeness (QED) is 0.737. The Bertz CT molecular complexity index is 248. The maximum atomic E-state index is 5.94. The second-order valence-electron chi connectivity index (χ2n) is 3.59. The molecular weight excluding hydrogens is 194 g/mol. The average molecular weight is 212 g/mol. The van der Waals surface area contributed by atoms with Gasteiger partial charge in [0.15, 0.2) is 0 Å². The molecule has 0 spiro atoms. The number of rotatable bonds is 5. The topological polar surface area (TPSA) is 12.0 Å². The van der Waals surface area contributed by atoms with Crippen LogP contribution in [0.3, 0.4) is 0 Å². The van der Waals surface area contributed by atoms with Crippen molar-refractivity contribution in [3.8, 4) is 0 Å². The SMILES string of the molecule is CCC(C)NC(CCl)c1ccccc1. The largest absolute Gasteiger partial charge is 0.306 e. The molecule has 1 aromatic carbocycles. The first-order valence-electron chi connectivity index (χ1n) is 5.14. The third-order valence-electron chi connectivity index (χ3n) is 2.45. The molecule has 2 unspecified atom stereocenters. The molecule has 0 aliphatic carbocycles. The Morgan fingerprint density at radius 3 is 2.43 bits per heavy atom. The molecule has 1 N–H and O–H groups in total. The molecule has 1 aromatic rings.